The minimum atomic E-state index is -0.475. The molecule has 0 aliphatic heterocycles. The summed E-state index contributed by atoms with van der Waals surface area (Å²) in [6, 6.07) is 0. The van der Waals surface area contributed by atoms with E-state index in [1.54, 1.807) is 0 Å². The second-order valence-corrected chi connectivity index (χ2v) is 1.45. The number of ether oxygens (including phenoxy) is 1. The molecule has 0 aromatic rings. The molecular formula is C5H10O3. The van der Waals surface area contributed by atoms with Gasteiger partial charge >= 0.3 is 5.97 Å². The molecule has 0 aliphatic carbocycles. The SMILES string of the molecule is COC(=O)CC(C)=O.[HH]. The Morgan fingerprint density at radius 1 is 1.62 bits per heavy atom. The van der Waals surface area contributed by atoms with E-state index in [-0.39, 0.29) is 13.6 Å². The van der Waals surface area contributed by atoms with Crippen molar-refractivity contribution in [2.45, 2.75) is 13.3 Å². The lowest BCUT2D eigenvalue weighted by Gasteiger charge is -1.90. The number of methoxy groups -OCH3 is 1. The maximum Gasteiger partial charge on any atom is 0.313 e. The van der Waals surface area contributed by atoms with Gasteiger partial charge in [0.05, 0.1) is 7.11 Å². The van der Waals surface area contributed by atoms with Crippen molar-refractivity contribution in [2.24, 2.45) is 0 Å². The number of Topliss-reactive ketones (excluding diaryl/α,β-unsaturated/α-hetero) is 1. The van der Waals surface area contributed by atoms with Gasteiger partial charge in [-0.2, -0.15) is 0 Å². The number of carbonyl (C=O) groups is 2. The molecule has 8 heavy (non-hydrogen) atoms. The summed E-state index contributed by atoms with van der Waals surface area (Å²) in [6.07, 6.45) is -0.115. The van der Waals surface area contributed by atoms with Crippen molar-refractivity contribution in [3.8, 4) is 0 Å². The lowest BCUT2D eigenvalue weighted by atomic mass is 10.3. The van der Waals surface area contributed by atoms with Gasteiger partial charge in [0, 0.05) is 1.43 Å². The minimum absolute atomic E-state index is 0. The van der Waals surface area contributed by atoms with E-state index in [1.165, 1.54) is 14.0 Å². The van der Waals surface area contributed by atoms with Gasteiger partial charge in [0.25, 0.3) is 0 Å². The van der Waals surface area contributed by atoms with Crippen molar-refractivity contribution in [1.29, 1.82) is 0 Å². The maximum atomic E-state index is 10.2. The number of ketones is 1. The van der Waals surface area contributed by atoms with Gasteiger partial charge in [-0.3, -0.25) is 9.59 Å². The highest BCUT2D eigenvalue weighted by Crippen LogP contribution is 1.83. The van der Waals surface area contributed by atoms with Crippen molar-refractivity contribution in [1.82, 2.24) is 0 Å². The van der Waals surface area contributed by atoms with Crippen LogP contribution in [0.15, 0.2) is 0 Å². The van der Waals surface area contributed by atoms with Gasteiger partial charge in [-0.25, -0.2) is 0 Å². The molecule has 0 atom stereocenters. The third kappa shape index (κ3) is 3.33. The fourth-order valence-corrected chi connectivity index (χ4v) is 0.275. The molecule has 0 aliphatic rings. The molecule has 0 spiro atoms. The van der Waals surface area contributed by atoms with Gasteiger partial charge in [-0.15, -0.1) is 0 Å². The second-order valence-electron chi connectivity index (χ2n) is 1.45. The quantitative estimate of drug-likeness (QED) is 0.389. The molecule has 0 aromatic carbocycles. The summed E-state index contributed by atoms with van der Waals surface area (Å²) in [7, 11) is 1.26. The van der Waals surface area contributed by atoms with Crippen LogP contribution in [-0.2, 0) is 14.3 Å². The van der Waals surface area contributed by atoms with E-state index in [4.69, 9.17) is 0 Å². The van der Waals surface area contributed by atoms with Crippen molar-refractivity contribution in [3.05, 3.63) is 0 Å². The van der Waals surface area contributed by atoms with Crippen LogP contribution in [0.4, 0.5) is 0 Å². The highest BCUT2D eigenvalue weighted by molar-refractivity contribution is 5.93. The number of hydrogen-bond acceptors (Lipinski definition) is 3. The van der Waals surface area contributed by atoms with Crippen molar-refractivity contribution < 1.29 is 15.8 Å². The molecule has 3 nitrogen and oxygen atoms in total. The molecule has 0 amide bonds. The largest absolute Gasteiger partial charge is 0.469 e. The number of esters is 1. The van der Waals surface area contributed by atoms with Crippen molar-refractivity contribution in [3.63, 3.8) is 0 Å². The van der Waals surface area contributed by atoms with Gasteiger partial charge in [-0.1, -0.05) is 0 Å². The Kier molecular flexibility index (Phi) is 2.84. The third-order valence-corrected chi connectivity index (χ3v) is 0.621. The fourth-order valence-electron chi connectivity index (χ4n) is 0.275. The summed E-state index contributed by atoms with van der Waals surface area (Å²) >= 11 is 0. The van der Waals surface area contributed by atoms with Crippen LogP contribution in [0.5, 0.6) is 0 Å². The predicted molar refractivity (Wildman–Crippen MR) is 29.4 cm³/mol. The van der Waals surface area contributed by atoms with Gasteiger partial charge in [-0.05, 0) is 6.92 Å². The topological polar surface area (TPSA) is 43.4 Å². The van der Waals surface area contributed by atoms with Crippen molar-refractivity contribution in [2.75, 3.05) is 7.11 Å². The first-order valence-corrected chi connectivity index (χ1v) is 2.23. The predicted octanol–water partition coefficient (Wildman–Crippen LogP) is 0.384. The summed E-state index contributed by atoms with van der Waals surface area (Å²) in [4.78, 5) is 20.3. The first-order chi connectivity index (χ1) is 3.66. The van der Waals surface area contributed by atoms with Crippen LogP contribution in [0.3, 0.4) is 0 Å². The highest BCUT2D eigenvalue weighted by Gasteiger charge is 2.01. The average Bonchev–Trinajstić information content (AvgIpc) is 1.65. The van der Waals surface area contributed by atoms with Crippen LogP contribution < -0.4 is 0 Å². The first-order valence-electron chi connectivity index (χ1n) is 2.23. The average molecular weight is 118 g/mol. The molecule has 0 saturated carbocycles. The molecule has 0 bridgehead atoms. The Bertz CT molecular complexity index is 111. The Hall–Kier alpha value is -0.860. The van der Waals surface area contributed by atoms with Crippen LogP contribution in [0, 0.1) is 0 Å². The van der Waals surface area contributed by atoms with E-state index in [0.29, 0.717) is 0 Å². The fraction of sp³-hybridized carbons (Fsp3) is 0.600. The zero-order valence-corrected chi connectivity index (χ0v) is 4.93. The summed E-state index contributed by atoms with van der Waals surface area (Å²) in [5.74, 6) is -0.644. The monoisotopic (exact) mass is 118 g/mol. The summed E-state index contributed by atoms with van der Waals surface area (Å²) in [6.45, 7) is 1.34. The van der Waals surface area contributed by atoms with Gasteiger partial charge < -0.3 is 4.74 Å². The Morgan fingerprint density at radius 2 is 2.12 bits per heavy atom. The Morgan fingerprint density at radius 3 is 2.25 bits per heavy atom. The molecule has 48 valence electrons. The molecule has 0 unspecified atom stereocenters. The molecule has 0 rings (SSSR count). The van der Waals surface area contributed by atoms with Gasteiger partial charge in [0.15, 0.2) is 0 Å². The minimum Gasteiger partial charge on any atom is -0.469 e. The third-order valence-electron chi connectivity index (χ3n) is 0.621. The van der Waals surface area contributed by atoms with E-state index in [1.807, 2.05) is 0 Å². The van der Waals surface area contributed by atoms with Crippen LogP contribution in [0.25, 0.3) is 0 Å². The number of rotatable bonds is 2. The second kappa shape index (κ2) is 3.18. The van der Waals surface area contributed by atoms with Crippen LogP contribution in [-0.4, -0.2) is 18.9 Å². The number of hydrogen-bond donors (Lipinski definition) is 0. The molecule has 0 radical (unpaired) electrons. The zero-order valence-electron chi connectivity index (χ0n) is 4.93. The normalized spacial score (nSPS) is 8.25. The Labute approximate surface area is 49.1 Å². The van der Waals surface area contributed by atoms with Gasteiger partial charge in [0.2, 0.25) is 0 Å². The van der Waals surface area contributed by atoms with E-state index >= 15 is 0 Å². The number of carbonyl (C=O) groups excluding carboxylic acids is 2. The Balaban J connectivity index is 0. The molecule has 0 N–H and O–H groups in total. The lowest BCUT2D eigenvalue weighted by Crippen LogP contribution is -2.05. The van der Waals surface area contributed by atoms with E-state index in [9.17, 15) is 9.59 Å². The molecule has 0 fully saturated rings. The maximum absolute atomic E-state index is 10.2. The van der Waals surface area contributed by atoms with Gasteiger partial charge in [0.1, 0.15) is 12.2 Å². The van der Waals surface area contributed by atoms with Crippen molar-refractivity contribution >= 4 is 11.8 Å². The van der Waals surface area contributed by atoms with E-state index in [0.717, 1.165) is 0 Å². The van der Waals surface area contributed by atoms with Crippen LogP contribution in [0.2, 0.25) is 0 Å². The smallest absolute Gasteiger partial charge is 0.313 e. The summed E-state index contributed by atoms with van der Waals surface area (Å²) in [5.41, 5.74) is 0. The molecule has 3 heteroatoms. The molecule has 0 aromatic heterocycles. The lowest BCUT2D eigenvalue weighted by molar-refractivity contribution is -0.142. The summed E-state index contributed by atoms with van der Waals surface area (Å²) < 4.78 is 4.20. The summed E-state index contributed by atoms with van der Waals surface area (Å²) in [5, 5.41) is 0. The molecule has 0 saturated heterocycles. The van der Waals surface area contributed by atoms with E-state index < -0.39 is 5.97 Å². The highest BCUT2D eigenvalue weighted by atomic mass is 16.5. The zero-order chi connectivity index (χ0) is 6.57. The molecular weight excluding hydrogens is 108 g/mol. The standard InChI is InChI=1S/C5H8O3.H2/c1-4(6)3-5(7)8-2;/h3H2,1-2H3;1H. The molecule has 0 heterocycles. The van der Waals surface area contributed by atoms with Crippen LogP contribution >= 0.6 is 0 Å². The first kappa shape index (κ1) is 7.14. The van der Waals surface area contributed by atoms with Crippen LogP contribution in [0.1, 0.15) is 14.8 Å². The van der Waals surface area contributed by atoms with E-state index in [2.05, 4.69) is 4.74 Å².